The lowest BCUT2D eigenvalue weighted by Gasteiger charge is -2.32. The van der Waals surface area contributed by atoms with Gasteiger partial charge in [0.2, 0.25) is 0 Å². The number of anilines is 2. The lowest BCUT2D eigenvalue weighted by atomic mass is 10.2. The Labute approximate surface area is 119 Å². The van der Waals surface area contributed by atoms with Crippen LogP contribution < -0.4 is 14.8 Å². The summed E-state index contributed by atoms with van der Waals surface area (Å²) in [5.74, 6) is 2.21. The van der Waals surface area contributed by atoms with Gasteiger partial charge >= 0.3 is 0 Å². The van der Waals surface area contributed by atoms with E-state index >= 15 is 0 Å². The number of piperazine rings is 1. The number of hydrogen-bond donors (Lipinski definition) is 0. The quantitative estimate of drug-likeness (QED) is 0.823. The number of aromatic amines is 1. The van der Waals surface area contributed by atoms with Crippen LogP contribution in [0.25, 0.3) is 0 Å². The normalized spacial score (nSPS) is 15.5. The highest BCUT2D eigenvalue weighted by Crippen LogP contribution is 2.18. The molecular formula is C15H20N5+. The molecular weight excluding hydrogens is 250 g/mol. The highest BCUT2D eigenvalue weighted by Gasteiger charge is 2.24. The van der Waals surface area contributed by atoms with Gasteiger partial charge in [0.05, 0.1) is 30.7 Å². The van der Waals surface area contributed by atoms with Crippen LogP contribution in [0.4, 0.5) is 11.6 Å². The number of nitrogens with zero attached hydrogens (tertiary/aromatic N) is 4. The van der Waals surface area contributed by atoms with Gasteiger partial charge in [-0.15, -0.1) is 0 Å². The molecule has 2 aromatic rings. The van der Waals surface area contributed by atoms with E-state index in [1.807, 2.05) is 32.3 Å². The van der Waals surface area contributed by atoms with Crippen molar-refractivity contribution in [3.8, 4) is 0 Å². The minimum Gasteiger partial charge on any atom is -0.347 e. The summed E-state index contributed by atoms with van der Waals surface area (Å²) in [5, 5.41) is 0. The van der Waals surface area contributed by atoms with Gasteiger partial charge in [0, 0.05) is 12.3 Å². The number of H-pyrrole nitrogens is 1. The van der Waals surface area contributed by atoms with E-state index in [9.17, 15) is 0 Å². The zero-order valence-electron chi connectivity index (χ0n) is 12.0. The van der Waals surface area contributed by atoms with Crippen LogP contribution in [0.2, 0.25) is 0 Å². The Morgan fingerprint density at radius 1 is 1.05 bits per heavy atom. The molecule has 1 aliphatic rings. The number of pyridine rings is 1. The molecule has 0 atom stereocenters. The summed E-state index contributed by atoms with van der Waals surface area (Å²) >= 11 is 0. The molecule has 1 saturated heterocycles. The zero-order valence-corrected chi connectivity index (χ0v) is 12.0. The first-order valence-electron chi connectivity index (χ1n) is 7.01. The molecule has 0 spiro atoms. The average Bonchev–Trinajstić information content (AvgIpc) is 2.51. The Balaban J connectivity index is 1.71. The van der Waals surface area contributed by atoms with Gasteiger partial charge < -0.3 is 4.90 Å². The Morgan fingerprint density at radius 2 is 1.80 bits per heavy atom. The van der Waals surface area contributed by atoms with Gasteiger partial charge in [-0.1, -0.05) is 6.07 Å². The summed E-state index contributed by atoms with van der Waals surface area (Å²) in [6, 6.07) is 6.19. The first-order valence-corrected chi connectivity index (χ1v) is 7.01. The number of aryl methyl sites for hydroxylation is 2. The van der Waals surface area contributed by atoms with Gasteiger partial charge in [-0.3, -0.25) is 9.88 Å². The molecule has 3 heterocycles. The number of aromatic nitrogens is 3. The largest absolute Gasteiger partial charge is 0.347 e. The van der Waals surface area contributed by atoms with E-state index in [0.29, 0.717) is 0 Å². The maximum absolute atomic E-state index is 4.63. The van der Waals surface area contributed by atoms with Crippen LogP contribution in [0.1, 0.15) is 11.4 Å². The molecule has 0 aliphatic carbocycles. The third kappa shape index (κ3) is 2.57. The van der Waals surface area contributed by atoms with E-state index in [-0.39, 0.29) is 0 Å². The summed E-state index contributed by atoms with van der Waals surface area (Å²) in [4.78, 5) is 17.0. The molecule has 0 saturated carbocycles. The smallest absolute Gasteiger partial charge is 0.274 e. The van der Waals surface area contributed by atoms with E-state index in [1.54, 1.807) is 0 Å². The van der Waals surface area contributed by atoms with Gasteiger partial charge in [-0.05, 0) is 19.9 Å². The third-order valence-electron chi connectivity index (χ3n) is 3.66. The van der Waals surface area contributed by atoms with Gasteiger partial charge in [-0.25, -0.2) is 9.97 Å². The third-order valence-corrected chi connectivity index (χ3v) is 3.66. The van der Waals surface area contributed by atoms with Crippen LogP contribution in [0.5, 0.6) is 0 Å². The molecule has 0 radical (unpaired) electrons. The van der Waals surface area contributed by atoms with Gasteiger partial charge in [-0.2, -0.15) is 0 Å². The second kappa shape index (κ2) is 5.45. The second-order valence-electron chi connectivity index (χ2n) is 5.14. The Morgan fingerprint density at radius 3 is 2.50 bits per heavy atom. The van der Waals surface area contributed by atoms with Crippen molar-refractivity contribution in [3.63, 3.8) is 0 Å². The molecule has 20 heavy (non-hydrogen) atoms. The summed E-state index contributed by atoms with van der Waals surface area (Å²) in [7, 11) is 0. The fraction of sp³-hybridized carbons (Fsp3) is 0.400. The maximum atomic E-state index is 4.63. The standard InChI is InChI=1S/C15H19N5/c1-12-11-17-13(2)15(18-12)20-9-7-19(8-10-20)14-5-3-4-6-16-14/h3-6,11H,7-10H2,1-2H3/p+1. The Kier molecular flexibility index (Phi) is 3.50. The van der Waals surface area contributed by atoms with Crippen molar-refractivity contribution in [2.24, 2.45) is 0 Å². The van der Waals surface area contributed by atoms with Crippen LogP contribution in [-0.4, -0.2) is 36.1 Å². The van der Waals surface area contributed by atoms with E-state index in [2.05, 4.69) is 36.9 Å². The van der Waals surface area contributed by atoms with Gasteiger partial charge in [0.15, 0.2) is 5.82 Å². The van der Waals surface area contributed by atoms with Crippen molar-refractivity contribution in [2.75, 3.05) is 36.0 Å². The van der Waals surface area contributed by atoms with Crippen molar-refractivity contribution in [3.05, 3.63) is 42.0 Å². The Hall–Kier alpha value is -2.17. The summed E-state index contributed by atoms with van der Waals surface area (Å²) < 4.78 is 0. The molecule has 104 valence electrons. The topological polar surface area (TPSA) is 46.4 Å². The molecule has 1 aliphatic heterocycles. The minimum absolute atomic E-state index is 0.974. The van der Waals surface area contributed by atoms with Crippen molar-refractivity contribution in [1.29, 1.82) is 0 Å². The molecule has 3 rings (SSSR count). The molecule has 0 unspecified atom stereocenters. The SMILES string of the molecule is Cc1cnc(C)c(N2CCN(c3cccc[nH+]3)CC2)n1. The average molecular weight is 270 g/mol. The molecule has 0 amide bonds. The van der Waals surface area contributed by atoms with Gasteiger partial charge in [0.25, 0.3) is 5.82 Å². The predicted octanol–water partition coefficient (Wildman–Crippen LogP) is 1.23. The molecule has 1 fully saturated rings. The van der Waals surface area contributed by atoms with Crippen LogP contribution in [0, 0.1) is 13.8 Å². The summed E-state index contributed by atoms with van der Waals surface area (Å²) in [5.41, 5.74) is 1.99. The number of nitrogens with one attached hydrogen (secondary N) is 1. The van der Waals surface area contributed by atoms with Crippen molar-refractivity contribution in [1.82, 2.24) is 9.97 Å². The predicted molar refractivity (Wildman–Crippen MR) is 78.9 cm³/mol. The van der Waals surface area contributed by atoms with Crippen molar-refractivity contribution < 1.29 is 4.98 Å². The van der Waals surface area contributed by atoms with E-state index < -0.39 is 0 Å². The van der Waals surface area contributed by atoms with E-state index in [4.69, 9.17) is 0 Å². The monoisotopic (exact) mass is 270 g/mol. The van der Waals surface area contributed by atoms with Crippen LogP contribution >= 0.6 is 0 Å². The fourth-order valence-electron chi connectivity index (χ4n) is 2.56. The van der Waals surface area contributed by atoms with Crippen LogP contribution in [-0.2, 0) is 0 Å². The summed E-state index contributed by atoms with van der Waals surface area (Å²) in [6.07, 6.45) is 3.80. The zero-order chi connectivity index (χ0) is 13.9. The van der Waals surface area contributed by atoms with E-state index in [1.165, 1.54) is 5.82 Å². The second-order valence-corrected chi connectivity index (χ2v) is 5.14. The van der Waals surface area contributed by atoms with Gasteiger partial charge in [0.1, 0.15) is 13.1 Å². The lowest BCUT2D eigenvalue weighted by molar-refractivity contribution is -0.364. The first-order chi connectivity index (χ1) is 9.74. The minimum atomic E-state index is 0.974. The highest BCUT2D eigenvalue weighted by atomic mass is 15.3. The van der Waals surface area contributed by atoms with Crippen molar-refractivity contribution >= 4 is 11.6 Å². The fourth-order valence-corrected chi connectivity index (χ4v) is 2.56. The van der Waals surface area contributed by atoms with Crippen LogP contribution in [0.3, 0.4) is 0 Å². The Bertz CT molecular complexity index is 576. The molecule has 5 nitrogen and oxygen atoms in total. The maximum Gasteiger partial charge on any atom is 0.274 e. The number of rotatable bonds is 2. The lowest BCUT2D eigenvalue weighted by Crippen LogP contribution is -2.48. The van der Waals surface area contributed by atoms with Crippen LogP contribution in [0.15, 0.2) is 30.6 Å². The molecule has 0 aromatic carbocycles. The number of hydrogen-bond acceptors (Lipinski definition) is 4. The molecule has 5 heteroatoms. The summed E-state index contributed by atoms with van der Waals surface area (Å²) in [6.45, 7) is 7.96. The first kappa shape index (κ1) is 12.8. The van der Waals surface area contributed by atoms with E-state index in [0.717, 1.165) is 43.4 Å². The molecule has 2 aromatic heterocycles. The highest BCUT2D eigenvalue weighted by molar-refractivity contribution is 5.46. The molecule has 1 N–H and O–H groups in total. The molecule has 0 bridgehead atoms. The van der Waals surface area contributed by atoms with Crippen molar-refractivity contribution in [2.45, 2.75) is 13.8 Å².